The average Bonchev–Trinajstić information content (AvgIpc) is 2.84. The Hall–Kier alpha value is -2.43. The quantitative estimate of drug-likeness (QED) is 0.779. The van der Waals surface area contributed by atoms with E-state index in [9.17, 15) is 9.18 Å². The Bertz CT molecular complexity index is 849. The van der Waals surface area contributed by atoms with E-state index in [4.69, 9.17) is 4.42 Å². The molecule has 0 spiro atoms. The number of nitrogens with one attached hydrogen (secondary N) is 1. The first kappa shape index (κ1) is 12.6. The number of H-pyrrole nitrogens is 1. The standard InChI is InChI=1S/C15H13FN2O2/c1-3-13-17-14(8(2)15(19)18-13)12-7-9-6-10(16)4-5-11(9)20-12/h4-7H,3H2,1-2H3,(H,17,18,19). The summed E-state index contributed by atoms with van der Waals surface area (Å²) in [5.41, 5.74) is 1.38. The van der Waals surface area contributed by atoms with Crippen LogP contribution in [0.4, 0.5) is 4.39 Å². The Morgan fingerprint density at radius 2 is 2.15 bits per heavy atom. The highest BCUT2D eigenvalue weighted by Gasteiger charge is 2.14. The molecule has 1 N–H and O–H groups in total. The molecule has 0 aliphatic heterocycles. The van der Waals surface area contributed by atoms with E-state index in [2.05, 4.69) is 9.97 Å². The minimum atomic E-state index is -0.324. The van der Waals surface area contributed by atoms with E-state index < -0.39 is 0 Å². The molecule has 3 aromatic rings. The van der Waals surface area contributed by atoms with Gasteiger partial charge < -0.3 is 9.40 Å². The summed E-state index contributed by atoms with van der Waals surface area (Å²) in [6, 6.07) is 6.00. The summed E-state index contributed by atoms with van der Waals surface area (Å²) in [6.45, 7) is 3.60. The third-order valence-electron chi connectivity index (χ3n) is 3.25. The highest BCUT2D eigenvalue weighted by Crippen LogP contribution is 2.28. The van der Waals surface area contributed by atoms with Crippen molar-refractivity contribution in [3.8, 4) is 11.5 Å². The molecule has 2 aromatic heterocycles. The van der Waals surface area contributed by atoms with Gasteiger partial charge in [0, 0.05) is 17.4 Å². The molecule has 0 radical (unpaired) electrons. The fourth-order valence-corrected chi connectivity index (χ4v) is 2.12. The summed E-state index contributed by atoms with van der Waals surface area (Å²) in [5.74, 6) is 0.751. The largest absolute Gasteiger partial charge is 0.454 e. The first-order valence-corrected chi connectivity index (χ1v) is 6.37. The van der Waals surface area contributed by atoms with Crippen LogP contribution < -0.4 is 5.56 Å². The van der Waals surface area contributed by atoms with Gasteiger partial charge in [-0.15, -0.1) is 0 Å². The van der Waals surface area contributed by atoms with Gasteiger partial charge in [-0.1, -0.05) is 6.92 Å². The van der Waals surface area contributed by atoms with Crippen LogP contribution in [0.2, 0.25) is 0 Å². The van der Waals surface area contributed by atoms with Gasteiger partial charge in [0.25, 0.3) is 5.56 Å². The van der Waals surface area contributed by atoms with Crippen LogP contribution in [-0.4, -0.2) is 9.97 Å². The Balaban J connectivity index is 2.24. The van der Waals surface area contributed by atoms with Crippen molar-refractivity contribution in [2.24, 2.45) is 0 Å². The van der Waals surface area contributed by atoms with Crippen molar-refractivity contribution >= 4 is 11.0 Å². The monoisotopic (exact) mass is 272 g/mol. The van der Waals surface area contributed by atoms with Gasteiger partial charge in [-0.05, 0) is 31.2 Å². The maximum Gasteiger partial charge on any atom is 0.254 e. The van der Waals surface area contributed by atoms with Gasteiger partial charge in [-0.25, -0.2) is 9.37 Å². The fourth-order valence-electron chi connectivity index (χ4n) is 2.12. The van der Waals surface area contributed by atoms with Crippen LogP contribution in [-0.2, 0) is 6.42 Å². The lowest BCUT2D eigenvalue weighted by Gasteiger charge is -2.03. The zero-order valence-electron chi connectivity index (χ0n) is 11.2. The molecule has 20 heavy (non-hydrogen) atoms. The fraction of sp³-hybridized carbons (Fsp3) is 0.200. The third kappa shape index (κ3) is 2.01. The van der Waals surface area contributed by atoms with Crippen LogP contribution in [0.3, 0.4) is 0 Å². The first-order chi connectivity index (χ1) is 9.58. The summed E-state index contributed by atoms with van der Waals surface area (Å²) in [6.07, 6.45) is 0.622. The SMILES string of the molecule is CCc1nc(-c2cc3cc(F)ccc3o2)c(C)c(=O)[nH]1. The number of nitrogens with zero attached hydrogens (tertiary/aromatic N) is 1. The van der Waals surface area contributed by atoms with Crippen molar-refractivity contribution in [3.05, 3.63) is 51.8 Å². The van der Waals surface area contributed by atoms with E-state index in [-0.39, 0.29) is 11.4 Å². The van der Waals surface area contributed by atoms with Gasteiger partial charge in [0.2, 0.25) is 0 Å². The molecule has 102 valence electrons. The lowest BCUT2D eigenvalue weighted by atomic mass is 10.2. The first-order valence-electron chi connectivity index (χ1n) is 6.37. The lowest BCUT2D eigenvalue weighted by molar-refractivity contribution is 0.616. The van der Waals surface area contributed by atoms with E-state index >= 15 is 0 Å². The van der Waals surface area contributed by atoms with Gasteiger partial charge in [0.15, 0.2) is 5.76 Å². The van der Waals surface area contributed by atoms with Gasteiger partial charge in [-0.2, -0.15) is 0 Å². The molecule has 0 unspecified atom stereocenters. The highest BCUT2D eigenvalue weighted by atomic mass is 19.1. The predicted molar refractivity (Wildman–Crippen MR) is 74.1 cm³/mol. The molecule has 0 fully saturated rings. The van der Waals surface area contributed by atoms with Crippen LogP contribution in [0.1, 0.15) is 18.3 Å². The minimum absolute atomic E-state index is 0.182. The molecule has 0 amide bonds. The van der Waals surface area contributed by atoms with Gasteiger partial charge in [-0.3, -0.25) is 4.79 Å². The zero-order chi connectivity index (χ0) is 14.3. The molecular formula is C15H13FN2O2. The van der Waals surface area contributed by atoms with E-state index in [0.29, 0.717) is 40.2 Å². The molecule has 1 aromatic carbocycles. The van der Waals surface area contributed by atoms with Crippen LogP contribution in [0.25, 0.3) is 22.4 Å². The van der Waals surface area contributed by atoms with Crippen molar-refractivity contribution in [1.29, 1.82) is 0 Å². The molecule has 0 bridgehead atoms. The van der Waals surface area contributed by atoms with E-state index in [0.717, 1.165) is 0 Å². The third-order valence-corrected chi connectivity index (χ3v) is 3.25. The number of aromatic nitrogens is 2. The molecule has 0 aliphatic carbocycles. The lowest BCUT2D eigenvalue weighted by Crippen LogP contribution is -2.15. The topological polar surface area (TPSA) is 58.9 Å². The number of furan rings is 1. The number of hydrogen-bond donors (Lipinski definition) is 1. The molecule has 0 aliphatic rings. The number of aromatic amines is 1. The molecular weight excluding hydrogens is 259 g/mol. The number of rotatable bonds is 2. The van der Waals surface area contributed by atoms with Crippen LogP contribution >= 0.6 is 0 Å². The molecule has 0 saturated carbocycles. The smallest absolute Gasteiger partial charge is 0.254 e. The van der Waals surface area contributed by atoms with Gasteiger partial charge >= 0.3 is 0 Å². The number of benzene rings is 1. The molecule has 0 saturated heterocycles. The van der Waals surface area contributed by atoms with E-state index in [1.807, 2.05) is 6.92 Å². The highest BCUT2D eigenvalue weighted by molar-refractivity contribution is 5.82. The van der Waals surface area contributed by atoms with Crippen molar-refractivity contribution in [3.63, 3.8) is 0 Å². The maximum absolute atomic E-state index is 13.2. The molecule has 5 heteroatoms. The molecule has 0 atom stereocenters. The van der Waals surface area contributed by atoms with Crippen molar-refractivity contribution in [2.45, 2.75) is 20.3 Å². The van der Waals surface area contributed by atoms with Crippen LogP contribution in [0.5, 0.6) is 0 Å². The summed E-state index contributed by atoms with van der Waals surface area (Å²) in [4.78, 5) is 19.0. The summed E-state index contributed by atoms with van der Waals surface area (Å²) < 4.78 is 18.9. The zero-order valence-corrected chi connectivity index (χ0v) is 11.2. The number of aryl methyl sites for hydroxylation is 1. The van der Waals surface area contributed by atoms with Crippen LogP contribution in [0.15, 0.2) is 33.5 Å². The maximum atomic E-state index is 13.2. The second-order valence-electron chi connectivity index (χ2n) is 4.63. The summed E-state index contributed by atoms with van der Waals surface area (Å²) in [7, 11) is 0. The number of hydrogen-bond acceptors (Lipinski definition) is 3. The van der Waals surface area contributed by atoms with Crippen LogP contribution in [0, 0.1) is 12.7 Å². The van der Waals surface area contributed by atoms with Crippen molar-refractivity contribution < 1.29 is 8.81 Å². The predicted octanol–water partition coefficient (Wildman–Crippen LogP) is 3.19. The minimum Gasteiger partial charge on any atom is -0.454 e. The number of halogens is 1. The average molecular weight is 272 g/mol. The van der Waals surface area contributed by atoms with Crippen molar-refractivity contribution in [2.75, 3.05) is 0 Å². The van der Waals surface area contributed by atoms with Crippen molar-refractivity contribution in [1.82, 2.24) is 9.97 Å². The normalized spacial score (nSPS) is 11.2. The van der Waals surface area contributed by atoms with Gasteiger partial charge in [0.05, 0.1) is 0 Å². The second kappa shape index (κ2) is 4.59. The second-order valence-corrected chi connectivity index (χ2v) is 4.63. The number of fused-ring (bicyclic) bond motifs is 1. The Morgan fingerprint density at radius 3 is 2.90 bits per heavy atom. The Labute approximate surface area is 114 Å². The summed E-state index contributed by atoms with van der Waals surface area (Å²) in [5, 5.41) is 0.652. The molecule has 3 rings (SSSR count). The van der Waals surface area contributed by atoms with E-state index in [1.54, 1.807) is 19.1 Å². The summed E-state index contributed by atoms with van der Waals surface area (Å²) >= 11 is 0. The van der Waals surface area contributed by atoms with E-state index in [1.165, 1.54) is 12.1 Å². The Morgan fingerprint density at radius 1 is 1.35 bits per heavy atom. The Kier molecular flexibility index (Phi) is 2.89. The molecule has 4 nitrogen and oxygen atoms in total. The molecule has 2 heterocycles. The van der Waals surface area contributed by atoms with Gasteiger partial charge in [0.1, 0.15) is 22.9 Å².